The highest BCUT2D eigenvalue weighted by atomic mass is 79.9. The molecular weight excluding hydrogens is 350 g/mol. The zero-order chi connectivity index (χ0) is 15.9. The number of hydrogen-bond donors (Lipinski definition) is 1. The number of carbonyl (C=O) groups excluding carboxylic acids is 1. The zero-order valence-electron chi connectivity index (χ0n) is 12.3. The normalized spacial score (nSPS) is 15.6. The van der Waals surface area contributed by atoms with Crippen LogP contribution >= 0.6 is 15.9 Å². The molecule has 22 heavy (non-hydrogen) atoms. The van der Waals surface area contributed by atoms with Crippen LogP contribution < -0.4 is 4.74 Å². The number of likely N-dealkylation sites (tertiary alicyclic amines) is 1. The molecule has 1 saturated heterocycles. The van der Waals surface area contributed by atoms with Crippen LogP contribution in [0.3, 0.4) is 0 Å². The van der Waals surface area contributed by atoms with Gasteiger partial charge in [-0.05, 0) is 37.5 Å². The van der Waals surface area contributed by atoms with Gasteiger partial charge >= 0.3 is 5.97 Å². The Morgan fingerprint density at radius 1 is 1.32 bits per heavy atom. The first-order valence-corrected chi connectivity index (χ1v) is 8.24. The molecule has 1 fully saturated rings. The van der Waals surface area contributed by atoms with Crippen molar-refractivity contribution in [3.05, 3.63) is 28.7 Å². The summed E-state index contributed by atoms with van der Waals surface area (Å²) >= 11 is 3.38. The van der Waals surface area contributed by atoms with E-state index >= 15 is 0 Å². The number of carboxylic acid groups (broad SMARTS) is 1. The summed E-state index contributed by atoms with van der Waals surface area (Å²) in [5.41, 5.74) is 0. The zero-order valence-corrected chi connectivity index (χ0v) is 13.9. The van der Waals surface area contributed by atoms with E-state index in [-0.39, 0.29) is 11.8 Å². The third-order valence-electron chi connectivity index (χ3n) is 3.80. The van der Waals surface area contributed by atoms with Crippen molar-refractivity contribution >= 4 is 27.8 Å². The smallest absolute Gasteiger partial charge is 0.306 e. The van der Waals surface area contributed by atoms with Crippen molar-refractivity contribution in [3.63, 3.8) is 0 Å². The molecule has 1 aromatic carbocycles. The van der Waals surface area contributed by atoms with Gasteiger partial charge < -0.3 is 14.7 Å². The summed E-state index contributed by atoms with van der Waals surface area (Å²) in [5.74, 6) is -0.191. The third-order valence-corrected chi connectivity index (χ3v) is 4.29. The van der Waals surface area contributed by atoms with Gasteiger partial charge in [0.15, 0.2) is 0 Å². The molecule has 1 aliphatic heterocycles. The van der Waals surface area contributed by atoms with Crippen molar-refractivity contribution in [2.45, 2.75) is 25.7 Å². The van der Waals surface area contributed by atoms with Gasteiger partial charge in [0.25, 0.3) is 0 Å². The third kappa shape index (κ3) is 5.02. The van der Waals surface area contributed by atoms with E-state index in [9.17, 15) is 9.59 Å². The van der Waals surface area contributed by atoms with Crippen molar-refractivity contribution in [2.24, 2.45) is 5.92 Å². The van der Waals surface area contributed by atoms with E-state index < -0.39 is 5.97 Å². The van der Waals surface area contributed by atoms with Crippen molar-refractivity contribution in [3.8, 4) is 5.75 Å². The fourth-order valence-electron chi connectivity index (χ4n) is 2.50. The first-order chi connectivity index (χ1) is 10.6. The first-order valence-electron chi connectivity index (χ1n) is 7.45. The average molecular weight is 370 g/mol. The Morgan fingerprint density at radius 3 is 2.68 bits per heavy atom. The fourth-order valence-corrected chi connectivity index (χ4v) is 2.88. The van der Waals surface area contributed by atoms with Crippen LogP contribution in [0, 0.1) is 5.92 Å². The highest BCUT2D eigenvalue weighted by Crippen LogP contribution is 2.19. The second-order valence-electron chi connectivity index (χ2n) is 5.40. The second kappa shape index (κ2) is 8.17. The Balaban J connectivity index is 1.65. The quantitative estimate of drug-likeness (QED) is 0.782. The van der Waals surface area contributed by atoms with E-state index in [4.69, 9.17) is 9.84 Å². The largest absolute Gasteiger partial charge is 0.494 e. The number of halogens is 1. The maximum Gasteiger partial charge on any atom is 0.306 e. The lowest BCUT2D eigenvalue weighted by Crippen LogP contribution is -2.40. The number of ether oxygens (including phenoxy) is 1. The Kier molecular flexibility index (Phi) is 6.24. The molecule has 0 radical (unpaired) electrons. The monoisotopic (exact) mass is 369 g/mol. The highest BCUT2D eigenvalue weighted by Gasteiger charge is 2.26. The van der Waals surface area contributed by atoms with Gasteiger partial charge in [0.05, 0.1) is 12.5 Å². The SMILES string of the molecule is O=C(O)C1CCN(C(=O)CCCOc2cccc(Br)c2)CC1. The van der Waals surface area contributed by atoms with Gasteiger partial charge in [-0.3, -0.25) is 9.59 Å². The van der Waals surface area contributed by atoms with Crippen molar-refractivity contribution in [2.75, 3.05) is 19.7 Å². The number of carbonyl (C=O) groups is 2. The first kappa shape index (κ1) is 16.8. The van der Waals surface area contributed by atoms with E-state index in [1.54, 1.807) is 4.90 Å². The predicted octanol–water partition coefficient (Wildman–Crippen LogP) is 2.93. The molecule has 1 amide bonds. The lowest BCUT2D eigenvalue weighted by Gasteiger charge is -2.30. The Hall–Kier alpha value is -1.56. The van der Waals surface area contributed by atoms with Gasteiger partial charge in [0.2, 0.25) is 5.91 Å². The number of hydrogen-bond acceptors (Lipinski definition) is 3. The molecule has 120 valence electrons. The van der Waals surface area contributed by atoms with E-state index in [1.165, 1.54) is 0 Å². The van der Waals surface area contributed by atoms with Crippen LogP contribution in [0.1, 0.15) is 25.7 Å². The Labute approximate surface area is 138 Å². The van der Waals surface area contributed by atoms with E-state index in [0.29, 0.717) is 45.4 Å². The van der Waals surface area contributed by atoms with E-state index in [1.807, 2.05) is 24.3 Å². The van der Waals surface area contributed by atoms with Crippen molar-refractivity contribution in [1.29, 1.82) is 0 Å². The summed E-state index contributed by atoms with van der Waals surface area (Å²) in [7, 11) is 0. The molecule has 5 nitrogen and oxygen atoms in total. The maximum atomic E-state index is 12.1. The molecule has 0 aromatic heterocycles. The lowest BCUT2D eigenvalue weighted by atomic mass is 9.97. The minimum absolute atomic E-state index is 0.0849. The molecule has 0 aliphatic carbocycles. The molecule has 6 heteroatoms. The summed E-state index contributed by atoms with van der Waals surface area (Å²) in [6, 6.07) is 7.59. The summed E-state index contributed by atoms with van der Waals surface area (Å²) in [6.45, 7) is 1.58. The molecule has 0 bridgehead atoms. The summed E-state index contributed by atoms with van der Waals surface area (Å²) in [4.78, 5) is 24.7. The van der Waals surface area contributed by atoms with Gasteiger partial charge in [-0.25, -0.2) is 0 Å². The molecule has 1 N–H and O–H groups in total. The Morgan fingerprint density at radius 2 is 2.05 bits per heavy atom. The van der Waals surface area contributed by atoms with Gasteiger partial charge in [-0.1, -0.05) is 22.0 Å². The summed E-state index contributed by atoms with van der Waals surface area (Å²) in [5, 5.41) is 8.94. The topological polar surface area (TPSA) is 66.8 Å². The van der Waals surface area contributed by atoms with E-state index in [0.717, 1.165) is 10.2 Å². The van der Waals surface area contributed by atoms with Gasteiger partial charge in [-0.2, -0.15) is 0 Å². The van der Waals surface area contributed by atoms with Crippen LogP contribution in [0.25, 0.3) is 0 Å². The predicted molar refractivity (Wildman–Crippen MR) is 85.8 cm³/mol. The maximum absolute atomic E-state index is 12.1. The van der Waals surface area contributed by atoms with Crippen LogP contribution in [0.2, 0.25) is 0 Å². The number of aliphatic carboxylic acids is 1. The molecule has 0 saturated carbocycles. The minimum Gasteiger partial charge on any atom is -0.494 e. The number of benzene rings is 1. The van der Waals surface area contributed by atoms with Gasteiger partial charge in [0.1, 0.15) is 5.75 Å². The molecule has 1 aromatic rings. The summed E-state index contributed by atoms with van der Waals surface area (Å²) in [6.07, 6.45) is 2.20. The average Bonchev–Trinajstić information content (AvgIpc) is 2.51. The molecule has 0 unspecified atom stereocenters. The van der Waals surface area contributed by atoms with Crippen LogP contribution in [0.5, 0.6) is 5.75 Å². The number of piperidine rings is 1. The standard InChI is InChI=1S/C16H20BrNO4/c17-13-3-1-4-14(11-13)22-10-2-5-15(19)18-8-6-12(7-9-18)16(20)21/h1,3-4,11-12H,2,5-10H2,(H,20,21). The van der Waals surface area contributed by atoms with Crippen molar-refractivity contribution < 1.29 is 19.4 Å². The number of nitrogens with zero attached hydrogens (tertiary/aromatic N) is 1. The van der Waals surface area contributed by atoms with Crippen LogP contribution in [0.4, 0.5) is 0 Å². The molecule has 1 heterocycles. The molecule has 1 aliphatic rings. The molecule has 0 atom stereocenters. The van der Waals surface area contributed by atoms with E-state index in [2.05, 4.69) is 15.9 Å². The van der Waals surface area contributed by atoms with Crippen LogP contribution in [-0.4, -0.2) is 41.6 Å². The molecule has 2 rings (SSSR count). The molecular formula is C16H20BrNO4. The van der Waals surface area contributed by atoms with Crippen molar-refractivity contribution in [1.82, 2.24) is 4.90 Å². The fraction of sp³-hybridized carbons (Fsp3) is 0.500. The highest BCUT2D eigenvalue weighted by molar-refractivity contribution is 9.10. The van der Waals surface area contributed by atoms with Crippen LogP contribution in [0.15, 0.2) is 28.7 Å². The second-order valence-corrected chi connectivity index (χ2v) is 6.32. The van der Waals surface area contributed by atoms with Gasteiger partial charge in [0, 0.05) is 24.0 Å². The van der Waals surface area contributed by atoms with Gasteiger partial charge in [-0.15, -0.1) is 0 Å². The number of amides is 1. The number of carboxylic acids is 1. The number of rotatable bonds is 6. The van der Waals surface area contributed by atoms with Crippen LogP contribution in [-0.2, 0) is 9.59 Å². The Bertz CT molecular complexity index is 527. The molecule has 0 spiro atoms. The minimum atomic E-state index is -0.755. The summed E-state index contributed by atoms with van der Waals surface area (Å²) < 4.78 is 6.56. The lowest BCUT2D eigenvalue weighted by molar-refractivity contribution is -0.145.